The topological polar surface area (TPSA) is 83.5 Å². The normalized spacial score (nSPS) is 49.4. The van der Waals surface area contributed by atoms with Crippen LogP contribution in [0.3, 0.4) is 0 Å². The molecule has 0 aromatic rings. The van der Waals surface area contributed by atoms with Gasteiger partial charge in [0.05, 0.1) is 24.7 Å². The number of hydrogen-bond acceptors (Lipinski definition) is 7. The number of aliphatic hydroxyl groups excluding tert-OH is 1. The third-order valence-corrected chi connectivity index (χ3v) is 10.5. The van der Waals surface area contributed by atoms with Gasteiger partial charge in [0.25, 0.3) is 0 Å². The molecule has 9 atom stereocenters. The molecule has 7 rings (SSSR count). The van der Waals surface area contributed by atoms with E-state index < -0.39 is 35.1 Å². The smallest absolute Gasteiger partial charge is 0.210 e. The van der Waals surface area contributed by atoms with Gasteiger partial charge in [0.15, 0.2) is 12.1 Å². The molecule has 0 amide bonds. The Morgan fingerprint density at radius 3 is 2.69 bits per heavy atom. The van der Waals surface area contributed by atoms with Crippen molar-refractivity contribution in [1.82, 2.24) is 0 Å². The number of carbonyl (C=O) groups excluding carboxylic acids is 1. The molecule has 4 bridgehead atoms. The maximum absolute atomic E-state index is 14.3. The van der Waals surface area contributed by atoms with E-state index in [0.29, 0.717) is 24.7 Å². The van der Waals surface area contributed by atoms with Crippen LogP contribution in [0.5, 0.6) is 0 Å². The molecule has 7 aliphatic rings. The first-order valence-corrected chi connectivity index (χ1v) is 13.4. The van der Waals surface area contributed by atoms with Crippen LogP contribution in [0.2, 0.25) is 0 Å². The molecule has 2 saturated heterocycles. The zero-order chi connectivity index (χ0) is 25.0. The molecule has 3 aliphatic heterocycles. The number of fused-ring (bicyclic) bond motifs is 2. The van der Waals surface area contributed by atoms with Crippen molar-refractivity contribution >= 4 is 17.4 Å². The molecule has 7 nitrogen and oxygen atoms in total. The van der Waals surface area contributed by atoms with Crippen molar-refractivity contribution in [1.29, 1.82) is 0 Å². The number of hydrogen-bond donors (Lipinski definition) is 1. The molecule has 35 heavy (non-hydrogen) atoms. The lowest BCUT2D eigenvalue weighted by molar-refractivity contribution is -0.450. The second kappa shape index (κ2) is 7.78. The van der Waals surface area contributed by atoms with Gasteiger partial charge < -0.3 is 28.8 Å². The van der Waals surface area contributed by atoms with Crippen molar-refractivity contribution in [3.05, 3.63) is 23.5 Å². The number of alkyl halides is 1. The molecule has 0 aromatic heterocycles. The van der Waals surface area contributed by atoms with Crippen molar-refractivity contribution < 1.29 is 33.6 Å². The molecule has 0 radical (unpaired) electrons. The standard InChI is InChI=1S/C27H37ClO7/c1-14-16-7-8-17-25-13-34-27(32-5,26(17,20(14)29)23(16)31-4)21(30)19(25)24(2,3)12-15-6-9-18(33-11-10-28)35-22(15)25/h16-19,21,23,30H,1,6-13H2,2-5H3/t16-,17-,18+,19+,21-,23+,25-,26-,27-/m0/s1. The number of halogens is 1. The summed E-state index contributed by atoms with van der Waals surface area (Å²) in [7, 11) is 3.19. The molecule has 3 heterocycles. The molecular formula is C27H37ClO7. The van der Waals surface area contributed by atoms with Gasteiger partial charge in [0.2, 0.25) is 5.79 Å². The Kier molecular flexibility index (Phi) is 5.42. The molecule has 2 spiro atoms. The summed E-state index contributed by atoms with van der Waals surface area (Å²) in [6, 6.07) is 0. The van der Waals surface area contributed by atoms with Crippen molar-refractivity contribution in [2.24, 2.45) is 34.0 Å². The summed E-state index contributed by atoms with van der Waals surface area (Å²) in [5.74, 6) is -0.854. The van der Waals surface area contributed by atoms with Crippen LogP contribution in [0.1, 0.15) is 46.0 Å². The average Bonchev–Trinajstić information content (AvgIpc) is 2.97. The van der Waals surface area contributed by atoms with Crippen LogP contribution in [-0.2, 0) is 28.5 Å². The van der Waals surface area contributed by atoms with E-state index in [2.05, 4.69) is 20.4 Å². The van der Waals surface area contributed by atoms with E-state index in [4.69, 9.17) is 35.3 Å². The number of methoxy groups -OCH3 is 2. The second-order valence-electron chi connectivity index (χ2n) is 12.0. The van der Waals surface area contributed by atoms with Crippen LogP contribution in [0.15, 0.2) is 23.5 Å². The molecule has 194 valence electrons. The minimum atomic E-state index is -1.50. The van der Waals surface area contributed by atoms with Gasteiger partial charge in [-0.15, -0.1) is 11.6 Å². The maximum Gasteiger partial charge on any atom is 0.210 e. The summed E-state index contributed by atoms with van der Waals surface area (Å²) in [4.78, 5) is 14.3. The number of carbonyl (C=O) groups is 1. The van der Waals surface area contributed by atoms with Crippen LogP contribution < -0.4 is 0 Å². The average molecular weight is 509 g/mol. The largest absolute Gasteiger partial charge is 0.469 e. The minimum Gasteiger partial charge on any atom is -0.469 e. The Hall–Kier alpha value is -0.960. The highest BCUT2D eigenvalue weighted by Crippen LogP contribution is 2.78. The second-order valence-corrected chi connectivity index (χ2v) is 12.4. The van der Waals surface area contributed by atoms with Crippen LogP contribution in [-0.4, -0.2) is 68.5 Å². The summed E-state index contributed by atoms with van der Waals surface area (Å²) in [5.41, 5.74) is -0.330. The maximum atomic E-state index is 14.3. The Morgan fingerprint density at radius 2 is 2.00 bits per heavy atom. The lowest BCUT2D eigenvalue weighted by atomic mass is 9.36. The van der Waals surface area contributed by atoms with E-state index >= 15 is 0 Å². The number of rotatable bonds is 5. The van der Waals surface area contributed by atoms with E-state index in [1.54, 1.807) is 14.2 Å². The first kappa shape index (κ1) is 24.4. The Bertz CT molecular complexity index is 992. The van der Waals surface area contributed by atoms with Gasteiger partial charge in [-0.3, -0.25) is 4.79 Å². The van der Waals surface area contributed by atoms with E-state index in [1.807, 2.05) is 0 Å². The van der Waals surface area contributed by atoms with Gasteiger partial charge in [-0.1, -0.05) is 20.4 Å². The first-order chi connectivity index (χ1) is 16.7. The lowest BCUT2D eigenvalue weighted by Crippen LogP contribution is -2.84. The number of allylic oxidation sites excluding steroid dienone is 1. The summed E-state index contributed by atoms with van der Waals surface area (Å²) >= 11 is 5.89. The number of aliphatic hydroxyl groups is 1. The van der Waals surface area contributed by atoms with E-state index in [1.165, 1.54) is 5.57 Å². The van der Waals surface area contributed by atoms with E-state index in [-0.39, 0.29) is 29.0 Å². The summed E-state index contributed by atoms with van der Waals surface area (Å²) < 4.78 is 31.5. The van der Waals surface area contributed by atoms with Gasteiger partial charge >= 0.3 is 0 Å². The Balaban J connectivity index is 1.60. The number of ether oxygens (including phenoxy) is 5. The molecule has 8 heteroatoms. The lowest BCUT2D eigenvalue weighted by Gasteiger charge is -2.74. The fourth-order valence-electron chi connectivity index (χ4n) is 9.60. The van der Waals surface area contributed by atoms with Gasteiger partial charge in [-0.25, -0.2) is 0 Å². The van der Waals surface area contributed by atoms with Crippen molar-refractivity contribution in [3.8, 4) is 0 Å². The summed E-state index contributed by atoms with van der Waals surface area (Å²) in [6.07, 6.45) is 2.08. The number of ketones is 1. The molecule has 5 fully saturated rings. The zero-order valence-electron chi connectivity index (χ0n) is 21.1. The fraction of sp³-hybridized carbons (Fsp3) is 0.815. The van der Waals surface area contributed by atoms with Crippen molar-refractivity contribution in [3.63, 3.8) is 0 Å². The summed E-state index contributed by atoms with van der Waals surface area (Å²) in [6.45, 7) is 9.35. The Labute approximate surface area is 212 Å². The Morgan fingerprint density at radius 1 is 1.23 bits per heavy atom. The SMILES string of the molecule is C=C1C(=O)[C@]23[C@H](OC)[C@H]1CC[C@H]2[C@@]12CO[C@@]3(OC)[C@@H](O)[C@@H]1C(C)(C)CC1=C2O[C@@H](OCCCl)CC1. The predicted octanol–water partition coefficient (Wildman–Crippen LogP) is 3.58. The fourth-order valence-corrected chi connectivity index (χ4v) is 9.68. The molecule has 3 saturated carbocycles. The van der Waals surface area contributed by atoms with Crippen LogP contribution >= 0.6 is 11.6 Å². The zero-order valence-corrected chi connectivity index (χ0v) is 21.9. The predicted molar refractivity (Wildman–Crippen MR) is 127 cm³/mol. The number of Topliss-reactive ketones (excluding diaryl/α,β-unsaturated/α-hetero) is 1. The van der Waals surface area contributed by atoms with Gasteiger partial charge in [-0.05, 0) is 48.2 Å². The highest BCUT2D eigenvalue weighted by Gasteiger charge is 2.88. The van der Waals surface area contributed by atoms with Gasteiger partial charge in [0, 0.05) is 38.4 Å². The highest BCUT2D eigenvalue weighted by molar-refractivity contribution is 6.17. The molecule has 1 N–H and O–H groups in total. The molecule has 0 unspecified atom stereocenters. The van der Waals surface area contributed by atoms with Crippen molar-refractivity contribution in [2.45, 2.75) is 70.2 Å². The monoisotopic (exact) mass is 508 g/mol. The van der Waals surface area contributed by atoms with E-state index in [9.17, 15) is 9.90 Å². The third kappa shape index (κ3) is 2.58. The van der Waals surface area contributed by atoms with Crippen LogP contribution in [0.4, 0.5) is 0 Å². The first-order valence-electron chi connectivity index (χ1n) is 12.9. The third-order valence-electron chi connectivity index (χ3n) is 10.4. The minimum absolute atomic E-state index is 0.0912. The van der Waals surface area contributed by atoms with E-state index in [0.717, 1.165) is 37.9 Å². The molecular weight excluding hydrogens is 472 g/mol. The van der Waals surface area contributed by atoms with Crippen LogP contribution in [0, 0.1) is 34.0 Å². The van der Waals surface area contributed by atoms with Crippen LogP contribution in [0.25, 0.3) is 0 Å². The quantitative estimate of drug-likeness (QED) is 0.449. The van der Waals surface area contributed by atoms with Gasteiger partial charge in [0.1, 0.15) is 17.3 Å². The highest BCUT2D eigenvalue weighted by atomic mass is 35.5. The van der Waals surface area contributed by atoms with Crippen molar-refractivity contribution in [2.75, 3.05) is 33.3 Å². The molecule has 0 aromatic carbocycles. The molecule has 4 aliphatic carbocycles. The summed E-state index contributed by atoms with van der Waals surface area (Å²) in [5, 5.41) is 12.2. The van der Waals surface area contributed by atoms with Gasteiger partial charge in [-0.2, -0.15) is 0 Å².